The van der Waals surface area contributed by atoms with Crippen molar-refractivity contribution in [3.05, 3.63) is 45.1 Å². The molecule has 0 aliphatic rings. The Hall–Kier alpha value is -1.60. The fourth-order valence-electron chi connectivity index (χ4n) is 2.32. The lowest BCUT2D eigenvalue weighted by molar-refractivity contribution is 0.502. The van der Waals surface area contributed by atoms with E-state index < -0.39 is 11.6 Å². The lowest BCUT2D eigenvalue weighted by atomic mass is 10.2. The molecule has 3 nitrogen and oxygen atoms in total. The summed E-state index contributed by atoms with van der Waals surface area (Å²) in [5.41, 5.74) is 0.654. The number of nitrogens with one attached hydrogen (secondary N) is 1. The van der Waals surface area contributed by atoms with Crippen LogP contribution in [-0.2, 0) is 0 Å². The average molecular weight is 311 g/mol. The van der Waals surface area contributed by atoms with Crippen molar-refractivity contribution in [3.8, 4) is 0 Å². The highest BCUT2D eigenvalue weighted by Crippen LogP contribution is 2.30. The summed E-state index contributed by atoms with van der Waals surface area (Å²) in [6.07, 6.45) is 2.38. The predicted octanol–water partition coefficient (Wildman–Crippen LogP) is 4.43. The predicted molar refractivity (Wildman–Crippen MR) is 77.6 cm³/mol. The monoisotopic (exact) mass is 311 g/mol. The smallest absolute Gasteiger partial charge is 0.184 e. The molecule has 1 atom stereocenters. The molecule has 0 saturated heterocycles. The van der Waals surface area contributed by atoms with Crippen LogP contribution in [0.5, 0.6) is 0 Å². The maximum absolute atomic E-state index is 14.1. The Labute approximate surface area is 122 Å². The van der Waals surface area contributed by atoms with Gasteiger partial charge in [-0.2, -0.15) is 0 Å². The Bertz CT molecular complexity index is 805. The molecule has 1 N–H and O–H groups in total. The van der Waals surface area contributed by atoms with Crippen LogP contribution in [0.2, 0.25) is 0 Å². The Morgan fingerprint density at radius 1 is 1.45 bits per heavy atom. The van der Waals surface area contributed by atoms with Crippen LogP contribution in [0.1, 0.15) is 24.4 Å². The number of hydrogen-bond donors (Lipinski definition) is 1. The van der Waals surface area contributed by atoms with E-state index >= 15 is 0 Å². The largest absolute Gasteiger partial charge is 0.330 e. The first-order valence-corrected chi connectivity index (χ1v) is 7.40. The first-order chi connectivity index (χ1) is 9.63. The van der Waals surface area contributed by atoms with Crippen LogP contribution < -0.4 is 0 Å². The molecule has 0 saturated carbocycles. The van der Waals surface area contributed by atoms with E-state index in [0.29, 0.717) is 16.7 Å². The lowest BCUT2D eigenvalue weighted by Crippen LogP contribution is -2.10. The van der Waals surface area contributed by atoms with Gasteiger partial charge in [-0.15, -0.1) is 11.3 Å². The molecule has 0 amide bonds. The number of imidazole rings is 1. The van der Waals surface area contributed by atoms with E-state index in [-0.39, 0.29) is 11.6 Å². The van der Waals surface area contributed by atoms with Gasteiger partial charge in [-0.1, -0.05) is 6.92 Å². The molecular formula is C13H11F2N3S2. The van der Waals surface area contributed by atoms with E-state index in [1.807, 2.05) is 12.3 Å². The van der Waals surface area contributed by atoms with Gasteiger partial charge in [0.2, 0.25) is 0 Å². The Kier molecular flexibility index (Phi) is 3.39. The van der Waals surface area contributed by atoms with Gasteiger partial charge in [0.25, 0.3) is 0 Å². The van der Waals surface area contributed by atoms with Gasteiger partial charge in [0.05, 0.1) is 11.6 Å². The van der Waals surface area contributed by atoms with E-state index in [1.165, 1.54) is 17.4 Å². The van der Waals surface area contributed by atoms with Crippen LogP contribution in [0.25, 0.3) is 11.0 Å². The second-order valence-corrected chi connectivity index (χ2v) is 5.66. The zero-order chi connectivity index (χ0) is 14.3. The highest BCUT2D eigenvalue weighted by atomic mass is 32.1. The first-order valence-electron chi connectivity index (χ1n) is 6.11. The van der Waals surface area contributed by atoms with Gasteiger partial charge in [0.15, 0.2) is 16.4 Å². The van der Waals surface area contributed by atoms with E-state index in [0.717, 1.165) is 11.1 Å². The number of hydrogen-bond acceptors (Lipinski definition) is 3. The molecule has 3 rings (SSSR count). The third-order valence-electron chi connectivity index (χ3n) is 3.21. The minimum absolute atomic E-state index is 0.164. The summed E-state index contributed by atoms with van der Waals surface area (Å²) in [6, 6.07) is 2.39. The van der Waals surface area contributed by atoms with Crippen molar-refractivity contribution < 1.29 is 8.78 Å². The van der Waals surface area contributed by atoms with Crippen LogP contribution in [0.4, 0.5) is 8.78 Å². The number of nitrogens with zero attached hydrogens (tertiary/aromatic N) is 2. The highest BCUT2D eigenvalue weighted by Gasteiger charge is 2.21. The molecule has 2 aromatic heterocycles. The summed E-state index contributed by atoms with van der Waals surface area (Å²) in [5.74, 6) is -1.76. The van der Waals surface area contributed by atoms with Crippen LogP contribution >= 0.6 is 23.6 Å². The van der Waals surface area contributed by atoms with Crippen molar-refractivity contribution in [1.29, 1.82) is 0 Å². The van der Waals surface area contributed by atoms with Gasteiger partial charge < -0.3 is 9.55 Å². The standard InChI is InChI=1S/C13H11F2N3S2/c1-2-9(12-16-5-6-20-12)18-11-8(17-13(18)19)4-3-7(14)10(11)15/h3-6,9H,2H2,1H3,(H,17,19). The van der Waals surface area contributed by atoms with Crippen LogP contribution in [0.3, 0.4) is 0 Å². The number of rotatable bonds is 3. The topological polar surface area (TPSA) is 33.6 Å². The minimum atomic E-state index is -0.884. The van der Waals surface area contributed by atoms with Crippen molar-refractivity contribution in [3.63, 3.8) is 0 Å². The molecule has 0 aliphatic carbocycles. The number of aromatic amines is 1. The third kappa shape index (κ3) is 1.97. The molecule has 0 bridgehead atoms. The van der Waals surface area contributed by atoms with Gasteiger partial charge >= 0.3 is 0 Å². The molecule has 20 heavy (non-hydrogen) atoms. The maximum Gasteiger partial charge on any atom is 0.184 e. The SMILES string of the molecule is CCC(c1nccs1)n1c(=S)[nH]c2ccc(F)c(F)c21. The number of halogens is 2. The van der Waals surface area contributed by atoms with Crippen molar-refractivity contribution >= 4 is 34.6 Å². The summed E-state index contributed by atoms with van der Waals surface area (Å²) in [7, 11) is 0. The van der Waals surface area contributed by atoms with E-state index in [1.54, 1.807) is 10.8 Å². The quantitative estimate of drug-likeness (QED) is 0.726. The molecule has 104 valence electrons. The van der Waals surface area contributed by atoms with Crippen LogP contribution in [0.15, 0.2) is 23.7 Å². The first kappa shape index (κ1) is 13.4. The Morgan fingerprint density at radius 2 is 2.25 bits per heavy atom. The van der Waals surface area contributed by atoms with Crippen LogP contribution in [0, 0.1) is 16.4 Å². The number of aromatic nitrogens is 3. The van der Waals surface area contributed by atoms with Gasteiger partial charge in [0, 0.05) is 11.6 Å². The van der Waals surface area contributed by atoms with Gasteiger partial charge in [-0.25, -0.2) is 13.8 Å². The highest BCUT2D eigenvalue weighted by molar-refractivity contribution is 7.71. The second kappa shape index (κ2) is 5.06. The number of fused-ring (bicyclic) bond motifs is 1. The normalized spacial score (nSPS) is 12.9. The van der Waals surface area contributed by atoms with E-state index in [2.05, 4.69) is 9.97 Å². The number of H-pyrrole nitrogens is 1. The van der Waals surface area contributed by atoms with Gasteiger partial charge in [0.1, 0.15) is 10.5 Å². The fourth-order valence-corrected chi connectivity index (χ4v) is 3.46. The molecule has 2 heterocycles. The number of benzene rings is 1. The molecule has 1 aromatic carbocycles. The van der Waals surface area contributed by atoms with Crippen molar-refractivity contribution in [2.24, 2.45) is 0 Å². The lowest BCUT2D eigenvalue weighted by Gasteiger charge is -2.15. The minimum Gasteiger partial charge on any atom is -0.330 e. The third-order valence-corrected chi connectivity index (χ3v) is 4.38. The van der Waals surface area contributed by atoms with E-state index in [9.17, 15) is 8.78 Å². The van der Waals surface area contributed by atoms with Crippen molar-refractivity contribution in [2.75, 3.05) is 0 Å². The zero-order valence-corrected chi connectivity index (χ0v) is 12.2. The molecule has 7 heteroatoms. The number of thiazole rings is 1. The summed E-state index contributed by atoms with van der Waals surface area (Å²) < 4.78 is 29.6. The molecule has 0 spiro atoms. The summed E-state index contributed by atoms with van der Waals surface area (Å²) in [6.45, 7) is 1.96. The molecule has 0 radical (unpaired) electrons. The van der Waals surface area contributed by atoms with Gasteiger partial charge in [-0.3, -0.25) is 0 Å². The van der Waals surface area contributed by atoms with Crippen molar-refractivity contribution in [1.82, 2.24) is 14.5 Å². The summed E-state index contributed by atoms with van der Waals surface area (Å²) in [4.78, 5) is 7.18. The molecule has 1 unspecified atom stereocenters. The van der Waals surface area contributed by atoms with Gasteiger partial charge in [-0.05, 0) is 30.8 Å². The Morgan fingerprint density at radius 3 is 2.90 bits per heavy atom. The molecule has 0 fully saturated rings. The summed E-state index contributed by atoms with van der Waals surface area (Å²) in [5, 5.41) is 2.68. The molecule has 3 aromatic rings. The van der Waals surface area contributed by atoms with E-state index in [4.69, 9.17) is 12.2 Å². The zero-order valence-electron chi connectivity index (χ0n) is 10.6. The maximum atomic E-state index is 14.1. The Balaban J connectivity index is 2.32. The molecule has 0 aliphatic heterocycles. The molecular weight excluding hydrogens is 300 g/mol. The second-order valence-electron chi connectivity index (χ2n) is 4.35. The van der Waals surface area contributed by atoms with Crippen LogP contribution in [-0.4, -0.2) is 14.5 Å². The fraction of sp³-hybridized carbons (Fsp3) is 0.231. The summed E-state index contributed by atoms with van der Waals surface area (Å²) >= 11 is 6.74. The average Bonchev–Trinajstić information content (AvgIpc) is 3.05. The van der Waals surface area contributed by atoms with Crippen molar-refractivity contribution in [2.45, 2.75) is 19.4 Å².